The van der Waals surface area contributed by atoms with Crippen LogP contribution in [0.3, 0.4) is 0 Å². The Hall–Kier alpha value is -1.70. The van der Waals surface area contributed by atoms with Crippen molar-refractivity contribution in [2.24, 2.45) is 0 Å². The largest absolute Gasteiger partial charge is 0.367 e. The zero-order chi connectivity index (χ0) is 12.0. The lowest BCUT2D eigenvalue weighted by Gasteiger charge is -2.39. The molecule has 84 valence electrons. The van der Waals surface area contributed by atoms with Gasteiger partial charge in [-0.25, -0.2) is 4.79 Å². The van der Waals surface area contributed by atoms with Gasteiger partial charge in [-0.1, -0.05) is 0 Å². The van der Waals surface area contributed by atoms with Gasteiger partial charge >= 0.3 is 17.5 Å². The number of aliphatic hydroxyl groups is 1. The van der Waals surface area contributed by atoms with Crippen molar-refractivity contribution in [3.8, 4) is 0 Å². The smallest absolute Gasteiger partial charge is 0.340 e. The Balaban J connectivity index is 3.24. The Kier molecular flexibility index (Phi) is 2.40. The molecule has 0 aromatic rings. The second-order valence-electron chi connectivity index (χ2n) is 3.54. The van der Waals surface area contributed by atoms with E-state index in [1.165, 1.54) is 7.05 Å². The molecule has 1 heterocycles. The van der Waals surface area contributed by atoms with E-state index in [2.05, 4.69) is 0 Å². The van der Waals surface area contributed by atoms with Crippen LogP contribution >= 0.6 is 0 Å². The molecule has 1 aliphatic rings. The lowest BCUT2D eigenvalue weighted by Crippen LogP contribution is -2.70. The van der Waals surface area contributed by atoms with Crippen LogP contribution in [-0.4, -0.2) is 57.6 Å². The lowest BCUT2D eigenvalue weighted by molar-refractivity contribution is -0.568. The van der Waals surface area contributed by atoms with Gasteiger partial charge in [0.2, 0.25) is 6.23 Å². The van der Waals surface area contributed by atoms with Gasteiger partial charge in [0.05, 0.1) is 0 Å². The maximum atomic E-state index is 11.5. The maximum Gasteiger partial charge on any atom is 0.340 e. The van der Waals surface area contributed by atoms with Crippen molar-refractivity contribution in [2.45, 2.75) is 18.7 Å². The summed E-state index contributed by atoms with van der Waals surface area (Å²) < 4.78 is 0. The number of aliphatic hydroxyl groups excluding tert-OH is 1. The molecule has 0 aliphatic carbocycles. The van der Waals surface area contributed by atoms with Crippen LogP contribution in [0, 0.1) is 10.1 Å². The fraction of sp³-hybridized carbons (Fsp3) is 0.714. The first-order valence-electron chi connectivity index (χ1n) is 4.12. The highest BCUT2D eigenvalue weighted by Crippen LogP contribution is 2.25. The monoisotopic (exact) mass is 217 g/mol. The molecule has 0 saturated carbocycles. The molecule has 0 aromatic carbocycles. The van der Waals surface area contributed by atoms with Gasteiger partial charge in [-0.3, -0.25) is 24.7 Å². The predicted molar refractivity (Wildman–Crippen MR) is 47.3 cm³/mol. The first-order chi connectivity index (χ1) is 6.74. The van der Waals surface area contributed by atoms with Crippen molar-refractivity contribution in [3.05, 3.63) is 10.1 Å². The minimum Gasteiger partial charge on any atom is -0.367 e. The van der Waals surface area contributed by atoms with Crippen LogP contribution < -0.4 is 0 Å². The third kappa shape index (κ3) is 1.25. The summed E-state index contributed by atoms with van der Waals surface area (Å²) in [6.45, 7) is 0.986. The van der Waals surface area contributed by atoms with E-state index in [-0.39, 0.29) is 0 Å². The number of nitrogens with zero attached hydrogens (tertiary/aromatic N) is 3. The van der Waals surface area contributed by atoms with E-state index in [4.69, 9.17) is 0 Å². The number of rotatable bonds is 1. The molecule has 0 radical (unpaired) electrons. The maximum absolute atomic E-state index is 11.5. The quantitative estimate of drug-likeness (QED) is 0.441. The highest BCUT2D eigenvalue weighted by molar-refractivity contribution is 6.01. The van der Waals surface area contributed by atoms with Crippen LogP contribution in [0.25, 0.3) is 0 Å². The van der Waals surface area contributed by atoms with Crippen molar-refractivity contribution in [3.63, 3.8) is 0 Å². The van der Waals surface area contributed by atoms with E-state index < -0.39 is 28.6 Å². The normalized spacial score (nSPS) is 32.1. The van der Waals surface area contributed by atoms with Crippen LogP contribution in [0.5, 0.6) is 0 Å². The highest BCUT2D eigenvalue weighted by atomic mass is 16.6. The molecule has 3 amide bonds. The number of likely N-dealkylation sites (N-methyl/N-ethyl adjacent to an activating group) is 2. The minimum absolute atomic E-state index is 0.621. The summed E-state index contributed by atoms with van der Waals surface area (Å²) in [5.41, 5.74) is -2.21. The number of hydrogen-bond acceptors (Lipinski definition) is 5. The van der Waals surface area contributed by atoms with Crippen LogP contribution in [0.2, 0.25) is 0 Å². The van der Waals surface area contributed by atoms with Crippen LogP contribution in [0.15, 0.2) is 0 Å². The first-order valence-corrected chi connectivity index (χ1v) is 4.12. The molecule has 1 saturated heterocycles. The van der Waals surface area contributed by atoms with Gasteiger partial charge in [0.1, 0.15) is 0 Å². The van der Waals surface area contributed by atoms with E-state index in [1.807, 2.05) is 0 Å². The van der Waals surface area contributed by atoms with Gasteiger partial charge < -0.3 is 5.11 Å². The van der Waals surface area contributed by atoms with Crippen molar-refractivity contribution in [2.75, 3.05) is 14.1 Å². The zero-order valence-electron chi connectivity index (χ0n) is 8.50. The summed E-state index contributed by atoms with van der Waals surface area (Å²) in [5, 5.41) is 20.3. The summed E-state index contributed by atoms with van der Waals surface area (Å²) >= 11 is 0. The molecule has 8 heteroatoms. The van der Waals surface area contributed by atoms with Crippen LogP contribution in [0.1, 0.15) is 6.92 Å². The molecular weight excluding hydrogens is 206 g/mol. The van der Waals surface area contributed by atoms with E-state index in [0.717, 1.165) is 18.9 Å². The lowest BCUT2D eigenvalue weighted by atomic mass is 9.96. The summed E-state index contributed by atoms with van der Waals surface area (Å²) in [5.74, 6) is -1.02. The fourth-order valence-electron chi connectivity index (χ4n) is 1.43. The first kappa shape index (κ1) is 11.4. The number of amides is 3. The molecule has 0 unspecified atom stereocenters. The van der Waals surface area contributed by atoms with Gasteiger partial charge in [0.25, 0.3) is 0 Å². The Morgan fingerprint density at radius 2 is 1.93 bits per heavy atom. The number of carbonyl (C=O) groups excluding carboxylic acids is 2. The average Bonchev–Trinajstić information content (AvgIpc) is 2.20. The van der Waals surface area contributed by atoms with Crippen molar-refractivity contribution >= 4 is 11.9 Å². The van der Waals surface area contributed by atoms with Crippen molar-refractivity contribution in [1.82, 2.24) is 9.80 Å². The average molecular weight is 217 g/mol. The SMILES string of the molecule is CN1C(=O)N(C)[C@H](O)[C@@](C)([N+](=O)[O-])C1=O. The Morgan fingerprint density at radius 1 is 1.47 bits per heavy atom. The summed E-state index contributed by atoms with van der Waals surface area (Å²) in [6.07, 6.45) is -1.76. The molecule has 1 N–H and O–H groups in total. The number of nitro groups is 1. The molecule has 1 rings (SSSR count). The van der Waals surface area contributed by atoms with Crippen LogP contribution in [-0.2, 0) is 4.79 Å². The number of hydrogen-bond donors (Lipinski definition) is 1. The van der Waals surface area contributed by atoms with Crippen LogP contribution in [0.4, 0.5) is 4.79 Å². The predicted octanol–water partition coefficient (Wildman–Crippen LogP) is -1.14. The molecule has 8 nitrogen and oxygen atoms in total. The van der Waals surface area contributed by atoms with Crippen molar-refractivity contribution in [1.29, 1.82) is 0 Å². The third-order valence-corrected chi connectivity index (χ3v) is 2.58. The summed E-state index contributed by atoms with van der Waals surface area (Å²) in [4.78, 5) is 34.1. The van der Waals surface area contributed by atoms with Gasteiger partial charge in [-0.2, -0.15) is 0 Å². The molecule has 1 aliphatic heterocycles. The number of imide groups is 1. The number of urea groups is 1. The Morgan fingerprint density at radius 3 is 2.33 bits per heavy atom. The second-order valence-corrected chi connectivity index (χ2v) is 3.54. The topological polar surface area (TPSA) is 104 Å². The second kappa shape index (κ2) is 3.16. The molecule has 0 aromatic heterocycles. The Labute approximate surface area is 85.2 Å². The molecule has 15 heavy (non-hydrogen) atoms. The fourth-order valence-corrected chi connectivity index (χ4v) is 1.43. The van der Waals surface area contributed by atoms with Gasteiger partial charge in [0, 0.05) is 25.9 Å². The molecule has 2 atom stereocenters. The molecular formula is C7H11N3O5. The molecule has 0 spiro atoms. The van der Waals surface area contributed by atoms with E-state index in [0.29, 0.717) is 4.90 Å². The van der Waals surface area contributed by atoms with E-state index in [9.17, 15) is 24.8 Å². The summed E-state index contributed by atoms with van der Waals surface area (Å²) in [6, 6.07) is -0.771. The standard InChI is InChI=1S/C7H11N3O5/c1-7(10(14)15)4(11)8(2)6(13)9(3)5(7)12/h4,11H,1-3H3/t4-,7-/m1/s1. The Bertz CT molecular complexity index is 344. The van der Waals surface area contributed by atoms with Gasteiger partial charge in [-0.15, -0.1) is 0 Å². The third-order valence-electron chi connectivity index (χ3n) is 2.58. The van der Waals surface area contributed by atoms with Gasteiger partial charge in [0.15, 0.2) is 0 Å². The highest BCUT2D eigenvalue weighted by Gasteiger charge is 2.61. The zero-order valence-corrected chi connectivity index (χ0v) is 8.50. The van der Waals surface area contributed by atoms with E-state index >= 15 is 0 Å². The number of carbonyl (C=O) groups is 2. The summed E-state index contributed by atoms with van der Waals surface area (Å²) in [7, 11) is 2.33. The minimum atomic E-state index is -2.21. The van der Waals surface area contributed by atoms with Crippen molar-refractivity contribution < 1.29 is 19.6 Å². The van der Waals surface area contributed by atoms with E-state index in [1.54, 1.807) is 0 Å². The van der Waals surface area contributed by atoms with Gasteiger partial charge in [-0.05, 0) is 0 Å². The molecule has 0 bridgehead atoms. The molecule has 1 fully saturated rings.